The summed E-state index contributed by atoms with van der Waals surface area (Å²) in [6, 6.07) is 3.69. The molecule has 0 bridgehead atoms. The number of hydrogen-bond donors (Lipinski definition) is 2. The molecule has 0 aliphatic rings. The average molecular weight is 303 g/mol. The maximum absolute atomic E-state index is 12.6. The molecule has 0 radical (unpaired) electrons. The van der Waals surface area contributed by atoms with Crippen LogP contribution in [0.1, 0.15) is 25.0 Å². The fourth-order valence-electron chi connectivity index (χ4n) is 1.74. The van der Waals surface area contributed by atoms with Crippen molar-refractivity contribution in [2.45, 2.75) is 32.5 Å². The van der Waals surface area contributed by atoms with Crippen LogP contribution in [0.4, 0.5) is 13.2 Å². The molecule has 2 atom stereocenters. The Bertz CT molecular complexity index is 528. The highest BCUT2D eigenvalue weighted by atomic mass is 19.4. The fraction of sp³-hybridized carbons (Fsp3) is 0.429. The van der Waals surface area contributed by atoms with Gasteiger partial charge in [-0.15, -0.1) is 0 Å². The molecule has 1 aromatic rings. The van der Waals surface area contributed by atoms with Crippen LogP contribution >= 0.6 is 0 Å². The molecule has 0 aromatic heterocycles. The first kappa shape index (κ1) is 17.0. The second kappa shape index (κ2) is 6.60. The molecule has 116 valence electrons. The lowest BCUT2D eigenvalue weighted by atomic mass is 9.98. The number of nitrogens with one attached hydrogen (secondary N) is 1. The molecular weight excluding hydrogens is 287 g/mol. The van der Waals surface area contributed by atoms with Crippen LogP contribution in [-0.2, 0) is 22.2 Å². The number of aliphatic carboxylic acids is 1. The van der Waals surface area contributed by atoms with Crippen LogP contribution in [0.3, 0.4) is 0 Å². The lowest BCUT2D eigenvalue weighted by molar-refractivity contribution is -0.141. The Morgan fingerprint density at radius 3 is 2.43 bits per heavy atom. The maximum Gasteiger partial charge on any atom is 0.416 e. The number of hydrogen-bond acceptors (Lipinski definition) is 2. The largest absolute Gasteiger partial charge is 0.480 e. The van der Waals surface area contributed by atoms with E-state index in [1.807, 2.05) is 0 Å². The maximum atomic E-state index is 12.6. The number of carbonyl (C=O) groups is 2. The van der Waals surface area contributed by atoms with Gasteiger partial charge in [0.1, 0.15) is 6.04 Å². The monoisotopic (exact) mass is 303 g/mol. The molecule has 0 aliphatic carbocycles. The number of alkyl halides is 3. The molecule has 0 saturated heterocycles. The molecule has 21 heavy (non-hydrogen) atoms. The second-order valence-electron chi connectivity index (χ2n) is 4.87. The summed E-state index contributed by atoms with van der Waals surface area (Å²) >= 11 is 0. The van der Waals surface area contributed by atoms with Crippen LogP contribution in [0, 0.1) is 5.92 Å². The number of benzene rings is 1. The van der Waals surface area contributed by atoms with Gasteiger partial charge in [0, 0.05) is 5.92 Å². The lowest BCUT2D eigenvalue weighted by Crippen LogP contribution is -2.41. The molecule has 0 heterocycles. The van der Waals surface area contributed by atoms with Gasteiger partial charge in [0.2, 0.25) is 5.91 Å². The zero-order valence-corrected chi connectivity index (χ0v) is 11.6. The van der Waals surface area contributed by atoms with Crippen molar-refractivity contribution >= 4 is 11.9 Å². The van der Waals surface area contributed by atoms with Crippen LogP contribution in [0.25, 0.3) is 0 Å². The SMILES string of the molecule is CC(Cc1cccc(C(F)(F)F)c1)C(=O)N[C@H](C)C(=O)O. The minimum Gasteiger partial charge on any atom is -0.480 e. The summed E-state index contributed by atoms with van der Waals surface area (Å²) in [6.45, 7) is 2.85. The first-order valence-electron chi connectivity index (χ1n) is 6.30. The van der Waals surface area contributed by atoms with Crippen LogP contribution in [0.2, 0.25) is 0 Å². The van der Waals surface area contributed by atoms with Crippen molar-refractivity contribution in [2.75, 3.05) is 0 Å². The number of carbonyl (C=O) groups excluding carboxylic acids is 1. The third-order valence-corrected chi connectivity index (χ3v) is 2.97. The number of rotatable bonds is 5. The Labute approximate surface area is 120 Å². The first-order chi connectivity index (χ1) is 9.61. The van der Waals surface area contributed by atoms with Crippen molar-refractivity contribution in [2.24, 2.45) is 5.92 Å². The minimum atomic E-state index is -4.43. The molecule has 0 fully saturated rings. The van der Waals surface area contributed by atoms with Crippen molar-refractivity contribution < 1.29 is 27.9 Å². The molecule has 1 aromatic carbocycles. The molecule has 0 aliphatic heterocycles. The quantitative estimate of drug-likeness (QED) is 0.878. The summed E-state index contributed by atoms with van der Waals surface area (Å²) in [7, 11) is 0. The van der Waals surface area contributed by atoms with Gasteiger partial charge in [0.15, 0.2) is 0 Å². The third-order valence-electron chi connectivity index (χ3n) is 2.97. The molecule has 1 unspecified atom stereocenters. The second-order valence-corrected chi connectivity index (χ2v) is 4.87. The molecule has 2 N–H and O–H groups in total. The van der Waals surface area contributed by atoms with Gasteiger partial charge in [-0.05, 0) is 25.0 Å². The van der Waals surface area contributed by atoms with E-state index in [1.54, 1.807) is 0 Å². The fourth-order valence-corrected chi connectivity index (χ4v) is 1.74. The number of amides is 1. The van der Waals surface area contributed by atoms with Gasteiger partial charge in [-0.2, -0.15) is 13.2 Å². The Morgan fingerprint density at radius 2 is 1.90 bits per heavy atom. The van der Waals surface area contributed by atoms with E-state index in [0.29, 0.717) is 5.56 Å². The number of carboxylic acid groups (broad SMARTS) is 1. The van der Waals surface area contributed by atoms with E-state index in [0.717, 1.165) is 12.1 Å². The molecular formula is C14H16F3NO3. The standard InChI is InChI=1S/C14H16F3NO3/c1-8(12(19)18-9(2)13(20)21)6-10-4-3-5-11(7-10)14(15,16)17/h3-5,7-9H,6H2,1-2H3,(H,18,19)(H,20,21)/t8?,9-/m1/s1. The van der Waals surface area contributed by atoms with Crippen LogP contribution in [0.5, 0.6) is 0 Å². The molecule has 0 spiro atoms. The highest BCUT2D eigenvalue weighted by Crippen LogP contribution is 2.29. The van der Waals surface area contributed by atoms with Gasteiger partial charge < -0.3 is 10.4 Å². The van der Waals surface area contributed by atoms with E-state index in [1.165, 1.54) is 26.0 Å². The van der Waals surface area contributed by atoms with Crippen LogP contribution in [-0.4, -0.2) is 23.0 Å². The van der Waals surface area contributed by atoms with Crippen molar-refractivity contribution in [3.8, 4) is 0 Å². The molecule has 1 rings (SSSR count). The smallest absolute Gasteiger partial charge is 0.416 e. The van der Waals surface area contributed by atoms with Crippen molar-refractivity contribution in [1.82, 2.24) is 5.32 Å². The van der Waals surface area contributed by atoms with E-state index in [-0.39, 0.29) is 6.42 Å². The Kier molecular flexibility index (Phi) is 5.34. The Balaban J connectivity index is 2.73. The Hall–Kier alpha value is -2.05. The third kappa shape index (κ3) is 5.09. The molecule has 0 saturated carbocycles. The predicted octanol–water partition coefficient (Wildman–Crippen LogP) is 2.47. The van der Waals surface area contributed by atoms with Crippen molar-refractivity contribution in [3.63, 3.8) is 0 Å². The van der Waals surface area contributed by atoms with Gasteiger partial charge in [0.05, 0.1) is 5.56 Å². The van der Waals surface area contributed by atoms with Crippen LogP contribution in [0.15, 0.2) is 24.3 Å². The van der Waals surface area contributed by atoms with E-state index < -0.39 is 35.6 Å². The Morgan fingerprint density at radius 1 is 1.29 bits per heavy atom. The minimum absolute atomic E-state index is 0.0993. The summed E-state index contributed by atoms with van der Waals surface area (Å²) in [5, 5.41) is 11.0. The number of halogens is 3. The summed E-state index contributed by atoms with van der Waals surface area (Å²) in [4.78, 5) is 22.4. The molecule has 1 amide bonds. The van der Waals surface area contributed by atoms with Crippen molar-refractivity contribution in [3.05, 3.63) is 35.4 Å². The topological polar surface area (TPSA) is 66.4 Å². The summed E-state index contributed by atoms with van der Waals surface area (Å²) < 4.78 is 37.7. The zero-order chi connectivity index (χ0) is 16.2. The van der Waals surface area contributed by atoms with Gasteiger partial charge in [-0.1, -0.05) is 25.1 Å². The summed E-state index contributed by atoms with van der Waals surface area (Å²) in [5.41, 5.74) is -0.401. The molecule has 7 heteroatoms. The normalized spacial score (nSPS) is 14.3. The zero-order valence-electron chi connectivity index (χ0n) is 11.6. The lowest BCUT2D eigenvalue weighted by Gasteiger charge is -2.15. The summed E-state index contributed by atoms with van der Waals surface area (Å²) in [5.74, 6) is -2.31. The van der Waals surface area contributed by atoms with E-state index in [4.69, 9.17) is 5.11 Å². The number of carboxylic acids is 1. The van der Waals surface area contributed by atoms with E-state index in [9.17, 15) is 22.8 Å². The average Bonchev–Trinajstić information content (AvgIpc) is 2.37. The summed E-state index contributed by atoms with van der Waals surface area (Å²) in [6.07, 6.45) is -4.33. The van der Waals surface area contributed by atoms with Crippen molar-refractivity contribution in [1.29, 1.82) is 0 Å². The highest BCUT2D eigenvalue weighted by Gasteiger charge is 2.30. The van der Waals surface area contributed by atoms with E-state index >= 15 is 0 Å². The van der Waals surface area contributed by atoms with Gasteiger partial charge in [-0.3, -0.25) is 9.59 Å². The van der Waals surface area contributed by atoms with E-state index in [2.05, 4.69) is 5.32 Å². The van der Waals surface area contributed by atoms with Gasteiger partial charge in [-0.25, -0.2) is 0 Å². The highest BCUT2D eigenvalue weighted by molar-refractivity contribution is 5.84. The van der Waals surface area contributed by atoms with Gasteiger partial charge >= 0.3 is 12.1 Å². The van der Waals surface area contributed by atoms with Gasteiger partial charge in [0.25, 0.3) is 0 Å². The predicted molar refractivity (Wildman–Crippen MR) is 69.6 cm³/mol. The van der Waals surface area contributed by atoms with Crippen LogP contribution < -0.4 is 5.32 Å². The first-order valence-corrected chi connectivity index (χ1v) is 6.30. The molecule has 4 nitrogen and oxygen atoms in total.